The highest BCUT2D eigenvalue weighted by molar-refractivity contribution is 5.52. The zero-order valence-corrected chi connectivity index (χ0v) is 8.93. The van der Waals surface area contributed by atoms with Gasteiger partial charge < -0.3 is 5.73 Å². The minimum absolute atomic E-state index is 0.516. The van der Waals surface area contributed by atoms with E-state index in [-0.39, 0.29) is 0 Å². The maximum atomic E-state index is 5.44. The van der Waals surface area contributed by atoms with Gasteiger partial charge in [0.05, 0.1) is 12.7 Å². The number of rotatable bonds is 3. The van der Waals surface area contributed by atoms with Gasteiger partial charge in [-0.2, -0.15) is 9.61 Å². The molecule has 3 heterocycles. The summed E-state index contributed by atoms with van der Waals surface area (Å²) in [6.45, 7) is 1.14. The third kappa shape index (κ3) is 1.64. The van der Waals surface area contributed by atoms with Crippen LogP contribution < -0.4 is 5.73 Å². The van der Waals surface area contributed by atoms with E-state index in [2.05, 4.69) is 25.6 Å². The smallest absolute Gasteiger partial charge is 0.207 e. The molecule has 0 radical (unpaired) electrons. The maximum Gasteiger partial charge on any atom is 0.207 e. The summed E-state index contributed by atoms with van der Waals surface area (Å²) in [4.78, 5) is 0. The molecule has 0 amide bonds. The minimum Gasteiger partial charge on any atom is -0.329 e. The van der Waals surface area contributed by atoms with Gasteiger partial charge in [-0.05, 0) is 12.1 Å². The highest BCUT2D eigenvalue weighted by Gasteiger charge is 2.12. The van der Waals surface area contributed by atoms with Crippen LogP contribution in [0.3, 0.4) is 0 Å². The average molecular weight is 230 g/mol. The van der Waals surface area contributed by atoms with E-state index in [4.69, 9.17) is 5.73 Å². The van der Waals surface area contributed by atoms with Gasteiger partial charge in [-0.25, -0.2) is 0 Å². The molecular formula is C9H10N8. The van der Waals surface area contributed by atoms with Crippen LogP contribution in [0, 0.1) is 0 Å². The molecule has 0 unspecified atom stereocenters. The van der Waals surface area contributed by atoms with Crippen LogP contribution in [0.1, 0.15) is 0 Å². The Bertz CT molecular complexity index is 639. The van der Waals surface area contributed by atoms with Crippen molar-refractivity contribution in [2.45, 2.75) is 6.54 Å². The molecule has 8 nitrogen and oxygen atoms in total. The summed E-state index contributed by atoms with van der Waals surface area (Å²) in [7, 11) is 0. The summed E-state index contributed by atoms with van der Waals surface area (Å²) in [5, 5.41) is 20.2. The Hall–Kier alpha value is -2.35. The molecule has 3 aromatic heterocycles. The van der Waals surface area contributed by atoms with Crippen LogP contribution in [-0.2, 0) is 6.54 Å². The first-order chi connectivity index (χ1) is 8.38. The average Bonchev–Trinajstić information content (AvgIpc) is 2.95. The van der Waals surface area contributed by atoms with Gasteiger partial charge in [-0.3, -0.25) is 4.68 Å². The molecule has 0 atom stereocenters. The van der Waals surface area contributed by atoms with Crippen molar-refractivity contribution in [1.29, 1.82) is 0 Å². The maximum absolute atomic E-state index is 5.44. The molecular weight excluding hydrogens is 220 g/mol. The molecule has 0 bridgehead atoms. The van der Waals surface area contributed by atoms with E-state index < -0.39 is 0 Å². The van der Waals surface area contributed by atoms with Crippen LogP contribution in [0.25, 0.3) is 17.2 Å². The van der Waals surface area contributed by atoms with Gasteiger partial charge in [0.1, 0.15) is 0 Å². The fourth-order valence-electron chi connectivity index (χ4n) is 1.55. The molecule has 17 heavy (non-hydrogen) atoms. The monoisotopic (exact) mass is 230 g/mol. The molecule has 0 fully saturated rings. The predicted molar refractivity (Wildman–Crippen MR) is 58.9 cm³/mol. The Kier molecular flexibility index (Phi) is 2.26. The second kappa shape index (κ2) is 3.91. The summed E-state index contributed by atoms with van der Waals surface area (Å²) in [5.41, 5.74) is 6.75. The third-order valence-corrected chi connectivity index (χ3v) is 2.30. The van der Waals surface area contributed by atoms with E-state index in [9.17, 15) is 0 Å². The van der Waals surface area contributed by atoms with Crippen LogP contribution in [0.2, 0.25) is 0 Å². The molecule has 3 rings (SSSR count). The molecule has 0 aliphatic heterocycles. The van der Waals surface area contributed by atoms with E-state index in [0.717, 1.165) is 0 Å². The molecule has 0 aliphatic carbocycles. The topological polar surface area (TPSA) is 99.8 Å². The van der Waals surface area contributed by atoms with Crippen LogP contribution in [-0.4, -0.2) is 41.4 Å². The Morgan fingerprint density at radius 2 is 2.18 bits per heavy atom. The Morgan fingerprint density at radius 1 is 1.24 bits per heavy atom. The van der Waals surface area contributed by atoms with Crippen molar-refractivity contribution in [3.05, 3.63) is 24.5 Å². The van der Waals surface area contributed by atoms with Gasteiger partial charge >= 0.3 is 0 Å². The van der Waals surface area contributed by atoms with E-state index in [0.29, 0.717) is 30.3 Å². The molecule has 0 aliphatic rings. The highest BCUT2D eigenvalue weighted by Crippen LogP contribution is 2.13. The van der Waals surface area contributed by atoms with Gasteiger partial charge in [0, 0.05) is 12.7 Å². The van der Waals surface area contributed by atoms with Crippen molar-refractivity contribution in [1.82, 2.24) is 34.8 Å². The Morgan fingerprint density at radius 3 is 3.06 bits per heavy atom. The summed E-state index contributed by atoms with van der Waals surface area (Å²) in [6, 6.07) is 3.63. The van der Waals surface area contributed by atoms with Crippen molar-refractivity contribution in [2.24, 2.45) is 5.73 Å². The second-order valence-corrected chi connectivity index (χ2v) is 3.47. The van der Waals surface area contributed by atoms with Crippen molar-refractivity contribution in [3.8, 4) is 11.5 Å². The largest absolute Gasteiger partial charge is 0.329 e. The van der Waals surface area contributed by atoms with Crippen LogP contribution in [0.5, 0.6) is 0 Å². The fraction of sp³-hybridized carbons (Fsp3) is 0.222. The molecule has 0 spiro atoms. The summed E-state index contributed by atoms with van der Waals surface area (Å²) < 4.78 is 3.29. The van der Waals surface area contributed by atoms with Crippen LogP contribution in [0.15, 0.2) is 24.5 Å². The van der Waals surface area contributed by atoms with Crippen LogP contribution in [0.4, 0.5) is 0 Å². The third-order valence-electron chi connectivity index (χ3n) is 2.30. The number of nitrogens with two attached hydrogens (primary N) is 1. The zero-order valence-electron chi connectivity index (χ0n) is 8.93. The standard InChI is InChI=1S/C9H10N8/c10-3-5-16-6-7(12-15-16)9-14-13-8-2-1-4-11-17(8)9/h1-2,4,6H,3,5,10H2. The quantitative estimate of drug-likeness (QED) is 0.641. The first kappa shape index (κ1) is 9.85. The molecule has 2 N–H and O–H groups in total. The number of hydrogen-bond acceptors (Lipinski definition) is 6. The lowest BCUT2D eigenvalue weighted by molar-refractivity contribution is 0.598. The molecule has 0 aromatic carbocycles. The molecule has 86 valence electrons. The van der Waals surface area contributed by atoms with E-state index in [1.807, 2.05) is 6.07 Å². The number of nitrogens with zero attached hydrogens (tertiary/aromatic N) is 7. The number of fused-ring (bicyclic) bond motifs is 1. The van der Waals surface area contributed by atoms with Gasteiger partial charge in [-0.1, -0.05) is 5.21 Å². The van der Waals surface area contributed by atoms with Gasteiger partial charge in [-0.15, -0.1) is 15.3 Å². The van der Waals surface area contributed by atoms with Crippen molar-refractivity contribution in [2.75, 3.05) is 6.54 Å². The number of aromatic nitrogens is 7. The molecule has 0 saturated heterocycles. The Balaban J connectivity index is 2.07. The van der Waals surface area contributed by atoms with Crippen LogP contribution >= 0.6 is 0 Å². The van der Waals surface area contributed by atoms with Crippen molar-refractivity contribution >= 4 is 5.65 Å². The lowest BCUT2D eigenvalue weighted by atomic mass is 10.4. The van der Waals surface area contributed by atoms with E-state index >= 15 is 0 Å². The normalized spacial score (nSPS) is 11.1. The summed E-state index contributed by atoms with van der Waals surface area (Å²) >= 11 is 0. The predicted octanol–water partition coefficient (Wildman–Crippen LogP) is -0.659. The van der Waals surface area contributed by atoms with E-state index in [1.54, 1.807) is 27.7 Å². The molecule has 8 heteroatoms. The molecule has 3 aromatic rings. The van der Waals surface area contributed by atoms with Crippen molar-refractivity contribution < 1.29 is 0 Å². The minimum atomic E-state index is 0.516. The first-order valence-corrected chi connectivity index (χ1v) is 5.15. The first-order valence-electron chi connectivity index (χ1n) is 5.15. The van der Waals surface area contributed by atoms with Gasteiger partial charge in [0.15, 0.2) is 11.3 Å². The fourth-order valence-corrected chi connectivity index (χ4v) is 1.55. The SMILES string of the molecule is NCCn1cc(-c2nnc3cccnn23)nn1. The lowest BCUT2D eigenvalue weighted by Crippen LogP contribution is -2.10. The van der Waals surface area contributed by atoms with E-state index in [1.165, 1.54) is 0 Å². The van der Waals surface area contributed by atoms with Gasteiger partial charge in [0.25, 0.3) is 0 Å². The lowest BCUT2D eigenvalue weighted by Gasteiger charge is -1.93. The number of hydrogen-bond donors (Lipinski definition) is 1. The zero-order chi connectivity index (χ0) is 11.7. The Labute approximate surface area is 96.1 Å². The summed E-state index contributed by atoms with van der Waals surface area (Å²) in [5.74, 6) is 0.573. The second-order valence-electron chi connectivity index (χ2n) is 3.47. The summed E-state index contributed by atoms with van der Waals surface area (Å²) in [6.07, 6.45) is 3.45. The molecule has 0 saturated carbocycles. The highest BCUT2D eigenvalue weighted by atomic mass is 15.4. The van der Waals surface area contributed by atoms with Crippen molar-refractivity contribution in [3.63, 3.8) is 0 Å². The van der Waals surface area contributed by atoms with Gasteiger partial charge in [0.2, 0.25) is 5.82 Å².